The Labute approximate surface area is 187 Å². The number of carboxylic acid groups (broad SMARTS) is 1. The summed E-state index contributed by atoms with van der Waals surface area (Å²) < 4.78 is 0. The third-order valence-corrected chi connectivity index (χ3v) is 4.64. The number of aliphatic carboxylic acids is 1. The Morgan fingerprint density at radius 3 is 1.88 bits per heavy atom. The van der Waals surface area contributed by atoms with Gasteiger partial charge in [0.15, 0.2) is 5.96 Å². The Morgan fingerprint density at radius 2 is 1.44 bits per heavy atom. The SMILES string of the molecule is CC(C)C(N)C(=O)NC(C(=O)NC(CCCN=C(N)N)C(=O)NC(CO)C(=O)O)C(C)C. The maximum Gasteiger partial charge on any atom is 0.328 e. The number of hydrogen-bond acceptors (Lipinski definition) is 7. The van der Waals surface area contributed by atoms with E-state index in [-0.39, 0.29) is 30.8 Å². The van der Waals surface area contributed by atoms with Gasteiger partial charge >= 0.3 is 5.97 Å². The largest absolute Gasteiger partial charge is 0.480 e. The highest BCUT2D eigenvalue weighted by atomic mass is 16.4. The Balaban J connectivity index is 5.45. The fourth-order valence-electron chi connectivity index (χ4n) is 2.58. The van der Waals surface area contributed by atoms with Crippen molar-refractivity contribution in [1.29, 1.82) is 0 Å². The van der Waals surface area contributed by atoms with Crippen molar-refractivity contribution < 1.29 is 29.4 Å². The normalized spacial score (nSPS) is 14.8. The number of carbonyl (C=O) groups excluding carboxylic acids is 3. The van der Waals surface area contributed by atoms with Crippen molar-refractivity contribution in [2.45, 2.75) is 64.7 Å². The van der Waals surface area contributed by atoms with E-state index in [4.69, 9.17) is 27.4 Å². The quantitative estimate of drug-likeness (QED) is 0.0760. The van der Waals surface area contributed by atoms with E-state index in [1.54, 1.807) is 27.7 Å². The molecule has 4 atom stereocenters. The van der Waals surface area contributed by atoms with Gasteiger partial charge in [-0.25, -0.2) is 4.79 Å². The van der Waals surface area contributed by atoms with E-state index in [9.17, 15) is 19.2 Å². The number of carboxylic acids is 1. The Hall–Kier alpha value is -2.93. The monoisotopic (exact) mass is 459 g/mol. The van der Waals surface area contributed by atoms with E-state index in [2.05, 4.69) is 20.9 Å². The van der Waals surface area contributed by atoms with Gasteiger partial charge in [0, 0.05) is 6.54 Å². The van der Waals surface area contributed by atoms with Gasteiger partial charge in [-0.15, -0.1) is 0 Å². The molecule has 0 aliphatic rings. The molecule has 0 saturated heterocycles. The van der Waals surface area contributed by atoms with Crippen LogP contribution in [0.1, 0.15) is 40.5 Å². The summed E-state index contributed by atoms with van der Waals surface area (Å²) in [6.07, 6.45) is 0.375. The van der Waals surface area contributed by atoms with Crippen LogP contribution in [-0.4, -0.2) is 77.2 Å². The van der Waals surface area contributed by atoms with Gasteiger partial charge in [-0.1, -0.05) is 27.7 Å². The Bertz CT molecular complexity index is 679. The van der Waals surface area contributed by atoms with Crippen LogP contribution in [0.5, 0.6) is 0 Å². The molecule has 3 amide bonds. The first-order valence-electron chi connectivity index (χ1n) is 10.4. The van der Waals surface area contributed by atoms with Gasteiger partial charge in [-0.05, 0) is 24.7 Å². The van der Waals surface area contributed by atoms with Crippen molar-refractivity contribution in [3.63, 3.8) is 0 Å². The van der Waals surface area contributed by atoms with Gasteiger partial charge in [0.2, 0.25) is 17.7 Å². The zero-order valence-electron chi connectivity index (χ0n) is 19.0. The van der Waals surface area contributed by atoms with Crippen LogP contribution < -0.4 is 33.2 Å². The lowest BCUT2D eigenvalue weighted by molar-refractivity contribution is -0.143. The second kappa shape index (κ2) is 14.2. The highest BCUT2D eigenvalue weighted by Gasteiger charge is 2.31. The standard InChI is InChI=1S/C19H37N7O6/c1-9(2)13(20)16(29)26-14(10(3)4)17(30)24-11(6-5-7-23-19(21)22)15(28)25-12(8-27)18(31)32/h9-14,27H,5-8,20H2,1-4H3,(H,24,30)(H,25,28)(H,26,29)(H,31,32)(H4,21,22,23). The zero-order chi connectivity index (χ0) is 25.0. The summed E-state index contributed by atoms with van der Waals surface area (Å²) in [6.45, 7) is 6.32. The third kappa shape index (κ3) is 10.4. The molecule has 0 heterocycles. The number of amides is 3. The molecule has 0 aromatic heterocycles. The molecule has 0 fully saturated rings. The summed E-state index contributed by atoms with van der Waals surface area (Å²) in [4.78, 5) is 52.7. The molecule has 0 aromatic carbocycles. The van der Waals surface area contributed by atoms with E-state index in [1.807, 2.05) is 0 Å². The van der Waals surface area contributed by atoms with Crippen LogP contribution in [0.15, 0.2) is 4.99 Å². The van der Waals surface area contributed by atoms with Crippen molar-refractivity contribution in [3.8, 4) is 0 Å². The molecule has 4 unspecified atom stereocenters. The van der Waals surface area contributed by atoms with E-state index in [0.29, 0.717) is 6.42 Å². The Morgan fingerprint density at radius 1 is 0.875 bits per heavy atom. The first kappa shape index (κ1) is 29.1. The van der Waals surface area contributed by atoms with Gasteiger partial charge in [-0.3, -0.25) is 19.4 Å². The number of aliphatic hydroxyl groups excluding tert-OH is 1. The molecule has 11 N–H and O–H groups in total. The van der Waals surface area contributed by atoms with Gasteiger partial charge < -0.3 is 43.4 Å². The maximum atomic E-state index is 12.9. The minimum Gasteiger partial charge on any atom is -0.480 e. The van der Waals surface area contributed by atoms with Crippen molar-refractivity contribution >= 4 is 29.7 Å². The zero-order valence-corrected chi connectivity index (χ0v) is 19.0. The molecule has 184 valence electrons. The van der Waals surface area contributed by atoms with Gasteiger partial charge in [-0.2, -0.15) is 0 Å². The smallest absolute Gasteiger partial charge is 0.328 e. The molecule has 0 aliphatic carbocycles. The molecule has 0 spiro atoms. The van der Waals surface area contributed by atoms with Crippen LogP contribution in [0.4, 0.5) is 0 Å². The van der Waals surface area contributed by atoms with Crippen molar-refractivity contribution in [3.05, 3.63) is 0 Å². The van der Waals surface area contributed by atoms with E-state index in [0.717, 1.165) is 0 Å². The predicted molar refractivity (Wildman–Crippen MR) is 118 cm³/mol. The second-order valence-electron chi connectivity index (χ2n) is 8.09. The van der Waals surface area contributed by atoms with Crippen LogP contribution >= 0.6 is 0 Å². The first-order valence-corrected chi connectivity index (χ1v) is 10.4. The molecule has 32 heavy (non-hydrogen) atoms. The highest BCUT2D eigenvalue weighted by molar-refractivity contribution is 5.94. The summed E-state index contributed by atoms with van der Waals surface area (Å²) >= 11 is 0. The number of aliphatic imine (C=N–C) groups is 1. The number of nitrogens with two attached hydrogens (primary N) is 3. The molecule has 0 aliphatic heterocycles. The molecule has 0 bridgehead atoms. The summed E-state index contributed by atoms with van der Waals surface area (Å²) in [7, 11) is 0. The lowest BCUT2D eigenvalue weighted by Gasteiger charge is -2.27. The summed E-state index contributed by atoms with van der Waals surface area (Å²) in [5.41, 5.74) is 16.4. The fourth-order valence-corrected chi connectivity index (χ4v) is 2.58. The number of aliphatic hydroxyl groups is 1. The number of nitrogens with zero attached hydrogens (tertiary/aromatic N) is 1. The minimum atomic E-state index is -1.54. The van der Waals surface area contributed by atoms with E-state index < -0.39 is 54.5 Å². The average molecular weight is 460 g/mol. The summed E-state index contributed by atoms with van der Waals surface area (Å²) in [5.74, 6) is -3.99. The number of hydrogen-bond donors (Lipinski definition) is 8. The Kier molecular flexibility index (Phi) is 12.9. The third-order valence-electron chi connectivity index (χ3n) is 4.64. The van der Waals surface area contributed by atoms with Crippen LogP contribution in [0.2, 0.25) is 0 Å². The molecule has 0 aromatic rings. The highest BCUT2D eigenvalue weighted by Crippen LogP contribution is 2.07. The number of rotatable bonds is 14. The lowest BCUT2D eigenvalue weighted by atomic mass is 9.99. The maximum absolute atomic E-state index is 12.9. The summed E-state index contributed by atoms with van der Waals surface area (Å²) in [6, 6.07) is -4.48. The first-order chi connectivity index (χ1) is 14.8. The number of guanidine groups is 1. The molecule has 0 saturated carbocycles. The number of carbonyl (C=O) groups is 4. The molecular weight excluding hydrogens is 422 g/mol. The molecule has 13 heteroatoms. The lowest BCUT2D eigenvalue weighted by Crippen LogP contribution is -2.59. The summed E-state index contributed by atoms with van der Waals surface area (Å²) in [5, 5.41) is 25.5. The molecule has 0 radical (unpaired) electrons. The van der Waals surface area contributed by atoms with Crippen molar-refractivity contribution in [1.82, 2.24) is 16.0 Å². The minimum absolute atomic E-state index is 0.0798. The number of nitrogens with one attached hydrogen (secondary N) is 3. The van der Waals surface area contributed by atoms with Crippen molar-refractivity contribution in [2.24, 2.45) is 34.0 Å². The van der Waals surface area contributed by atoms with Crippen LogP contribution in [0.25, 0.3) is 0 Å². The van der Waals surface area contributed by atoms with E-state index in [1.165, 1.54) is 0 Å². The second-order valence-corrected chi connectivity index (χ2v) is 8.09. The predicted octanol–water partition coefficient (Wildman–Crippen LogP) is -2.79. The average Bonchev–Trinajstić information content (AvgIpc) is 2.70. The molecule has 0 rings (SSSR count). The van der Waals surface area contributed by atoms with Crippen LogP contribution in [0, 0.1) is 11.8 Å². The van der Waals surface area contributed by atoms with Gasteiger partial charge in [0.05, 0.1) is 12.6 Å². The van der Waals surface area contributed by atoms with Gasteiger partial charge in [0.1, 0.15) is 18.1 Å². The van der Waals surface area contributed by atoms with Gasteiger partial charge in [0.25, 0.3) is 0 Å². The van der Waals surface area contributed by atoms with E-state index >= 15 is 0 Å². The molecule has 13 nitrogen and oxygen atoms in total. The van der Waals surface area contributed by atoms with Crippen molar-refractivity contribution in [2.75, 3.05) is 13.2 Å². The molecular formula is C19H37N7O6. The van der Waals surface area contributed by atoms with Crippen LogP contribution in [-0.2, 0) is 19.2 Å². The fraction of sp³-hybridized carbons (Fsp3) is 0.737. The van der Waals surface area contributed by atoms with Crippen LogP contribution in [0.3, 0.4) is 0 Å². The topological polar surface area (TPSA) is 235 Å².